The molecule has 1 aliphatic heterocycles. The summed E-state index contributed by atoms with van der Waals surface area (Å²) in [6.45, 7) is 0.182. The molecule has 1 heterocycles. The van der Waals surface area contributed by atoms with E-state index in [0.717, 1.165) is 11.3 Å². The number of fused-ring (bicyclic) bond motifs is 1. The molecule has 0 aromatic heterocycles. The Bertz CT molecular complexity index is 781. The van der Waals surface area contributed by atoms with Crippen molar-refractivity contribution in [1.82, 2.24) is 0 Å². The smallest absolute Gasteiger partial charge is 0.201 e. The fourth-order valence-electron chi connectivity index (χ4n) is 2.95. The summed E-state index contributed by atoms with van der Waals surface area (Å²) in [6, 6.07) is 9.04. The van der Waals surface area contributed by atoms with Gasteiger partial charge < -0.3 is 24.1 Å². The zero-order valence-corrected chi connectivity index (χ0v) is 14.4. The number of phenolic OH excluding ortho intramolecular Hbond substituents is 1. The summed E-state index contributed by atoms with van der Waals surface area (Å²) in [5.41, 5.74) is 1.26. The highest BCUT2D eigenvalue weighted by atomic mass is 16.5. The summed E-state index contributed by atoms with van der Waals surface area (Å²) in [6.07, 6.45) is 0.526. The van der Waals surface area contributed by atoms with E-state index in [1.165, 1.54) is 20.3 Å². The minimum Gasteiger partial charge on any atom is -0.502 e. The number of hydrogen-bond donors (Lipinski definition) is 1. The Morgan fingerprint density at radius 1 is 1.08 bits per heavy atom. The third-order valence-electron chi connectivity index (χ3n) is 4.31. The SMILES string of the molecule is COc1ccc(CC2COc3c(O)c(OC)cc(OC)c3C2=O)cc1. The lowest BCUT2D eigenvalue weighted by atomic mass is 9.89. The highest BCUT2D eigenvalue weighted by Crippen LogP contribution is 2.47. The van der Waals surface area contributed by atoms with Crippen LogP contribution in [0.25, 0.3) is 0 Å². The Morgan fingerprint density at radius 3 is 2.36 bits per heavy atom. The van der Waals surface area contributed by atoms with Crippen LogP contribution in [0.2, 0.25) is 0 Å². The summed E-state index contributed by atoms with van der Waals surface area (Å²) < 4.78 is 21.2. The lowest BCUT2D eigenvalue weighted by Crippen LogP contribution is -2.30. The number of aromatic hydroxyl groups is 1. The Morgan fingerprint density at radius 2 is 1.76 bits per heavy atom. The highest BCUT2D eigenvalue weighted by molar-refractivity contribution is 6.05. The van der Waals surface area contributed by atoms with Crippen molar-refractivity contribution in [3.63, 3.8) is 0 Å². The molecule has 1 aliphatic rings. The first-order valence-electron chi connectivity index (χ1n) is 7.87. The van der Waals surface area contributed by atoms with Crippen molar-refractivity contribution >= 4 is 5.78 Å². The molecular weight excluding hydrogens is 324 g/mol. The van der Waals surface area contributed by atoms with Crippen LogP contribution in [0, 0.1) is 5.92 Å². The third-order valence-corrected chi connectivity index (χ3v) is 4.31. The molecule has 0 fully saturated rings. The molecule has 25 heavy (non-hydrogen) atoms. The van der Waals surface area contributed by atoms with Crippen LogP contribution < -0.4 is 18.9 Å². The lowest BCUT2D eigenvalue weighted by molar-refractivity contribution is 0.0820. The number of ether oxygens (including phenoxy) is 4. The Kier molecular flexibility index (Phi) is 4.70. The fourth-order valence-corrected chi connectivity index (χ4v) is 2.95. The predicted octanol–water partition coefficient (Wildman–Crippen LogP) is 2.85. The quantitative estimate of drug-likeness (QED) is 0.899. The van der Waals surface area contributed by atoms with Gasteiger partial charge in [-0.3, -0.25) is 4.79 Å². The summed E-state index contributed by atoms with van der Waals surface area (Å²) in [7, 11) is 4.50. The monoisotopic (exact) mass is 344 g/mol. The van der Waals surface area contributed by atoms with Gasteiger partial charge in [0, 0.05) is 6.07 Å². The van der Waals surface area contributed by atoms with Crippen molar-refractivity contribution in [2.75, 3.05) is 27.9 Å². The average molecular weight is 344 g/mol. The Balaban J connectivity index is 1.91. The molecule has 6 nitrogen and oxygen atoms in total. The number of phenols is 1. The normalized spacial score (nSPS) is 16.0. The van der Waals surface area contributed by atoms with E-state index < -0.39 is 0 Å². The molecule has 2 aromatic rings. The maximum atomic E-state index is 12.9. The molecule has 0 aliphatic carbocycles. The van der Waals surface area contributed by atoms with E-state index in [1.807, 2.05) is 24.3 Å². The van der Waals surface area contributed by atoms with E-state index in [0.29, 0.717) is 12.2 Å². The van der Waals surface area contributed by atoms with Crippen LogP contribution in [0.3, 0.4) is 0 Å². The summed E-state index contributed by atoms with van der Waals surface area (Å²) in [4.78, 5) is 12.9. The van der Waals surface area contributed by atoms with E-state index >= 15 is 0 Å². The minimum absolute atomic E-state index is 0.118. The molecule has 1 unspecified atom stereocenters. The average Bonchev–Trinajstić information content (AvgIpc) is 2.65. The molecule has 1 atom stereocenters. The second kappa shape index (κ2) is 6.93. The standard InChI is InChI=1S/C19H20O6/c1-22-13-6-4-11(5-7-13)8-12-10-25-19-16(17(12)20)14(23-2)9-15(24-3)18(19)21/h4-7,9,12,21H,8,10H2,1-3H3. The molecule has 0 saturated heterocycles. The van der Waals surface area contributed by atoms with Crippen molar-refractivity contribution in [3.8, 4) is 28.7 Å². The maximum absolute atomic E-state index is 12.9. The molecule has 0 spiro atoms. The second-order valence-corrected chi connectivity index (χ2v) is 5.76. The molecule has 0 radical (unpaired) electrons. The van der Waals surface area contributed by atoms with Crippen LogP contribution in [-0.4, -0.2) is 38.8 Å². The minimum atomic E-state index is -0.359. The number of rotatable bonds is 5. The van der Waals surface area contributed by atoms with Gasteiger partial charge in [-0.05, 0) is 24.1 Å². The van der Waals surface area contributed by atoms with Gasteiger partial charge in [0.25, 0.3) is 0 Å². The number of carbonyl (C=O) groups excluding carboxylic acids is 1. The molecule has 6 heteroatoms. The molecular formula is C19H20O6. The first-order valence-corrected chi connectivity index (χ1v) is 7.87. The van der Waals surface area contributed by atoms with Crippen molar-refractivity contribution in [2.24, 2.45) is 5.92 Å². The molecule has 0 saturated carbocycles. The van der Waals surface area contributed by atoms with Gasteiger partial charge in [0.15, 0.2) is 17.3 Å². The van der Waals surface area contributed by atoms with Crippen molar-refractivity contribution < 1.29 is 28.8 Å². The third kappa shape index (κ3) is 3.07. The first kappa shape index (κ1) is 17.0. The first-order chi connectivity index (χ1) is 12.1. The molecule has 0 amide bonds. The predicted molar refractivity (Wildman–Crippen MR) is 91.2 cm³/mol. The van der Waals surface area contributed by atoms with Gasteiger partial charge in [-0.25, -0.2) is 0 Å². The van der Waals surface area contributed by atoms with Crippen LogP contribution in [0.4, 0.5) is 0 Å². The maximum Gasteiger partial charge on any atom is 0.201 e. The Labute approximate surface area is 145 Å². The summed E-state index contributed by atoms with van der Waals surface area (Å²) >= 11 is 0. The molecule has 1 N–H and O–H groups in total. The molecule has 0 bridgehead atoms. The van der Waals surface area contributed by atoms with Crippen LogP contribution in [0.1, 0.15) is 15.9 Å². The number of carbonyl (C=O) groups is 1. The molecule has 132 valence electrons. The zero-order chi connectivity index (χ0) is 18.0. The van der Waals surface area contributed by atoms with Gasteiger partial charge in [0.1, 0.15) is 17.1 Å². The van der Waals surface area contributed by atoms with Gasteiger partial charge >= 0.3 is 0 Å². The van der Waals surface area contributed by atoms with Crippen LogP contribution in [0.5, 0.6) is 28.7 Å². The number of methoxy groups -OCH3 is 3. The van der Waals surface area contributed by atoms with Crippen molar-refractivity contribution in [2.45, 2.75) is 6.42 Å². The van der Waals surface area contributed by atoms with E-state index in [4.69, 9.17) is 18.9 Å². The lowest BCUT2D eigenvalue weighted by Gasteiger charge is -2.26. The van der Waals surface area contributed by atoms with Crippen LogP contribution >= 0.6 is 0 Å². The summed E-state index contributed by atoms with van der Waals surface area (Å²) in [5, 5.41) is 10.2. The number of benzene rings is 2. The number of hydrogen-bond acceptors (Lipinski definition) is 6. The number of ketones is 1. The van der Waals surface area contributed by atoms with Gasteiger partial charge in [-0.2, -0.15) is 0 Å². The van der Waals surface area contributed by atoms with Crippen molar-refractivity contribution in [3.05, 3.63) is 41.5 Å². The fraction of sp³-hybridized carbons (Fsp3) is 0.316. The summed E-state index contributed by atoms with van der Waals surface area (Å²) in [5.74, 6) is 0.751. The molecule has 2 aromatic carbocycles. The largest absolute Gasteiger partial charge is 0.502 e. The van der Waals surface area contributed by atoms with E-state index in [9.17, 15) is 9.90 Å². The van der Waals surface area contributed by atoms with E-state index in [-0.39, 0.29) is 41.1 Å². The number of Topliss-reactive ketones (excluding diaryl/α,β-unsaturated/α-hetero) is 1. The van der Waals surface area contributed by atoms with E-state index in [2.05, 4.69) is 0 Å². The van der Waals surface area contributed by atoms with Gasteiger partial charge in [0.2, 0.25) is 5.75 Å². The van der Waals surface area contributed by atoms with Crippen LogP contribution in [-0.2, 0) is 6.42 Å². The van der Waals surface area contributed by atoms with Gasteiger partial charge in [-0.1, -0.05) is 12.1 Å². The molecule has 3 rings (SSSR count). The zero-order valence-electron chi connectivity index (χ0n) is 14.4. The van der Waals surface area contributed by atoms with Crippen molar-refractivity contribution in [1.29, 1.82) is 0 Å². The van der Waals surface area contributed by atoms with Gasteiger partial charge in [-0.15, -0.1) is 0 Å². The topological polar surface area (TPSA) is 74.2 Å². The Hall–Kier alpha value is -2.89. The second-order valence-electron chi connectivity index (χ2n) is 5.76. The van der Waals surface area contributed by atoms with Crippen LogP contribution in [0.15, 0.2) is 30.3 Å². The van der Waals surface area contributed by atoms with E-state index in [1.54, 1.807) is 7.11 Å². The highest BCUT2D eigenvalue weighted by Gasteiger charge is 2.35. The van der Waals surface area contributed by atoms with Gasteiger partial charge in [0.05, 0.1) is 33.9 Å².